The second kappa shape index (κ2) is 11.2. The number of halogens is 2. The summed E-state index contributed by atoms with van der Waals surface area (Å²) in [6.07, 6.45) is -0.352. The molecule has 0 heterocycles. The Labute approximate surface area is 193 Å². The van der Waals surface area contributed by atoms with Crippen LogP contribution in [0.1, 0.15) is 19.4 Å². The molecule has 2 N–H and O–H groups in total. The van der Waals surface area contributed by atoms with E-state index in [0.717, 1.165) is 11.8 Å². The highest BCUT2D eigenvalue weighted by molar-refractivity contribution is 8.13. The van der Waals surface area contributed by atoms with Gasteiger partial charge in [-0.15, -0.1) is 0 Å². The summed E-state index contributed by atoms with van der Waals surface area (Å²) in [5.41, 5.74) is 0.755. The van der Waals surface area contributed by atoms with E-state index in [2.05, 4.69) is 5.32 Å². The molecule has 2 amide bonds. The van der Waals surface area contributed by atoms with Crippen molar-refractivity contribution in [3.05, 3.63) is 58.1 Å². The standard InChI is InChI=1S/C21H20Cl2N2O5S/c1-12(26)24-17(11-31-13(2)27)21(30)25(20-15(22)7-5-8-16(20)23)18-9-4-3-6-14(18)10-19(28)29/h3-9,17H,10-11H2,1-2H3,(H,24,26)(H,28,29)/t17-/m1/s1. The molecule has 2 rings (SSSR count). The van der Waals surface area contributed by atoms with Gasteiger partial charge in [0.25, 0.3) is 5.91 Å². The maximum atomic E-state index is 13.7. The maximum absolute atomic E-state index is 13.7. The lowest BCUT2D eigenvalue weighted by Gasteiger charge is -2.30. The summed E-state index contributed by atoms with van der Waals surface area (Å²) < 4.78 is 0. The van der Waals surface area contributed by atoms with E-state index in [-0.39, 0.29) is 38.7 Å². The van der Waals surface area contributed by atoms with Gasteiger partial charge in [0.2, 0.25) is 5.91 Å². The minimum Gasteiger partial charge on any atom is -0.481 e. The van der Waals surface area contributed by atoms with Gasteiger partial charge < -0.3 is 10.4 Å². The number of aliphatic carboxylic acids is 1. The minimum absolute atomic E-state index is 0.0204. The third kappa shape index (κ3) is 6.72. The topological polar surface area (TPSA) is 104 Å². The predicted molar refractivity (Wildman–Crippen MR) is 122 cm³/mol. The third-order valence-corrected chi connectivity index (χ3v) is 5.60. The van der Waals surface area contributed by atoms with Crippen LogP contribution in [0, 0.1) is 0 Å². The molecule has 0 bridgehead atoms. The fraction of sp³-hybridized carbons (Fsp3) is 0.238. The van der Waals surface area contributed by atoms with Gasteiger partial charge in [0, 0.05) is 19.6 Å². The Morgan fingerprint density at radius 2 is 1.65 bits per heavy atom. The number of hydrogen-bond acceptors (Lipinski definition) is 5. The van der Waals surface area contributed by atoms with Gasteiger partial charge in [-0.3, -0.25) is 24.1 Å². The first-order valence-corrected chi connectivity index (χ1v) is 10.8. The van der Waals surface area contributed by atoms with Gasteiger partial charge in [-0.05, 0) is 23.8 Å². The number of amides is 2. The fourth-order valence-electron chi connectivity index (χ4n) is 2.87. The van der Waals surface area contributed by atoms with E-state index in [1.165, 1.54) is 18.7 Å². The largest absolute Gasteiger partial charge is 0.481 e. The molecular weight excluding hydrogens is 463 g/mol. The lowest BCUT2D eigenvalue weighted by molar-refractivity contribution is -0.136. The van der Waals surface area contributed by atoms with Crippen LogP contribution >= 0.6 is 35.0 Å². The van der Waals surface area contributed by atoms with Crippen molar-refractivity contribution in [3.63, 3.8) is 0 Å². The first kappa shape index (κ1) is 24.7. The molecule has 0 radical (unpaired) electrons. The van der Waals surface area contributed by atoms with Gasteiger partial charge >= 0.3 is 5.97 Å². The van der Waals surface area contributed by atoms with Crippen molar-refractivity contribution in [2.45, 2.75) is 26.3 Å². The van der Waals surface area contributed by atoms with Crippen LogP contribution in [-0.2, 0) is 25.6 Å². The fourth-order valence-corrected chi connectivity index (χ4v) is 4.06. The van der Waals surface area contributed by atoms with E-state index in [9.17, 15) is 24.3 Å². The lowest BCUT2D eigenvalue weighted by Crippen LogP contribution is -2.48. The number of nitrogens with zero attached hydrogens (tertiary/aromatic N) is 1. The highest BCUT2D eigenvalue weighted by Crippen LogP contribution is 2.40. The molecule has 10 heteroatoms. The molecule has 0 aliphatic carbocycles. The summed E-state index contributed by atoms with van der Waals surface area (Å²) >= 11 is 13.6. The van der Waals surface area contributed by atoms with Gasteiger partial charge in [-0.2, -0.15) is 0 Å². The summed E-state index contributed by atoms with van der Waals surface area (Å²) in [6.45, 7) is 2.61. The molecule has 0 fully saturated rings. The number of hydrogen-bond donors (Lipinski definition) is 2. The molecular formula is C21H20Cl2N2O5S. The summed E-state index contributed by atoms with van der Waals surface area (Å²) in [6, 6.07) is 10.0. The van der Waals surface area contributed by atoms with Crippen LogP contribution < -0.4 is 10.2 Å². The van der Waals surface area contributed by atoms with Crippen LogP contribution in [-0.4, -0.2) is 39.8 Å². The van der Waals surface area contributed by atoms with Crippen molar-refractivity contribution >= 4 is 69.2 Å². The number of carbonyl (C=O) groups is 4. The average Bonchev–Trinajstić information content (AvgIpc) is 2.67. The average molecular weight is 483 g/mol. The molecule has 0 saturated heterocycles. The first-order valence-electron chi connectivity index (χ1n) is 9.10. The van der Waals surface area contributed by atoms with Crippen molar-refractivity contribution < 1.29 is 24.3 Å². The zero-order valence-electron chi connectivity index (χ0n) is 16.7. The van der Waals surface area contributed by atoms with E-state index >= 15 is 0 Å². The van der Waals surface area contributed by atoms with Gasteiger partial charge in [0.05, 0.1) is 27.8 Å². The number of nitrogens with one attached hydrogen (secondary N) is 1. The van der Waals surface area contributed by atoms with Crippen molar-refractivity contribution in [1.82, 2.24) is 5.32 Å². The summed E-state index contributed by atoms with van der Waals surface area (Å²) in [5.74, 6) is -2.19. The maximum Gasteiger partial charge on any atom is 0.307 e. The number of rotatable bonds is 8. The highest BCUT2D eigenvalue weighted by Gasteiger charge is 2.32. The zero-order valence-corrected chi connectivity index (χ0v) is 19.1. The third-order valence-electron chi connectivity index (χ3n) is 4.08. The molecule has 0 aromatic heterocycles. The van der Waals surface area contributed by atoms with Crippen LogP contribution in [0.4, 0.5) is 11.4 Å². The monoisotopic (exact) mass is 482 g/mol. The SMILES string of the molecule is CC(=O)N[C@H](CSC(C)=O)C(=O)N(c1ccccc1CC(=O)O)c1c(Cl)cccc1Cl. The van der Waals surface area contributed by atoms with E-state index < -0.39 is 23.8 Å². The molecule has 0 aliphatic rings. The molecule has 1 atom stereocenters. The van der Waals surface area contributed by atoms with Crippen LogP contribution in [0.25, 0.3) is 0 Å². The molecule has 164 valence electrons. The predicted octanol–water partition coefficient (Wildman–Crippen LogP) is 4.07. The number of carboxylic acid groups (broad SMARTS) is 1. The van der Waals surface area contributed by atoms with Gasteiger partial charge in [-0.25, -0.2) is 0 Å². The number of thioether (sulfide) groups is 1. The Morgan fingerprint density at radius 1 is 1.03 bits per heavy atom. The normalized spacial score (nSPS) is 11.5. The molecule has 31 heavy (non-hydrogen) atoms. The highest BCUT2D eigenvalue weighted by atomic mass is 35.5. The van der Waals surface area contributed by atoms with Gasteiger partial charge in [-0.1, -0.05) is 59.2 Å². The van der Waals surface area contributed by atoms with Crippen LogP contribution in [0.5, 0.6) is 0 Å². The second-order valence-electron chi connectivity index (χ2n) is 6.50. The molecule has 7 nitrogen and oxygen atoms in total. The van der Waals surface area contributed by atoms with Gasteiger partial charge in [0.15, 0.2) is 5.12 Å². The van der Waals surface area contributed by atoms with Crippen LogP contribution in [0.2, 0.25) is 10.0 Å². The number of benzene rings is 2. The number of anilines is 2. The van der Waals surface area contributed by atoms with E-state index in [4.69, 9.17) is 23.2 Å². The Morgan fingerprint density at radius 3 is 2.19 bits per heavy atom. The van der Waals surface area contributed by atoms with E-state index in [0.29, 0.717) is 5.56 Å². The number of carboxylic acids is 1. The lowest BCUT2D eigenvalue weighted by atomic mass is 10.1. The number of para-hydroxylation sites is 2. The molecule has 2 aromatic rings. The molecule has 0 saturated carbocycles. The molecule has 2 aromatic carbocycles. The Bertz CT molecular complexity index is 995. The number of carbonyl (C=O) groups excluding carboxylic acids is 3. The molecule has 0 spiro atoms. The molecule has 0 unspecified atom stereocenters. The van der Waals surface area contributed by atoms with E-state index in [1.54, 1.807) is 42.5 Å². The smallest absolute Gasteiger partial charge is 0.307 e. The van der Waals surface area contributed by atoms with Crippen molar-refractivity contribution in [2.75, 3.05) is 10.7 Å². The summed E-state index contributed by atoms with van der Waals surface area (Å²) in [7, 11) is 0. The minimum atomic E-state index is -1.09. The Hall–Kier alpha value is -2.55. The first-order chi connectivity index (χ1) is 14.6. The summed E-state index contributed by atoms with van der Waals surface area (Å²) in [5, 5.41) is 12.0. The van der Waals surface area contributed by atoms with Crippen molar-refractivity contribution in [1.29, 1.82) is 0 Å². The summed E-state index contributed by atoms with van der Waals surface area (Å²) in [4.78, 5) is 49.4. The van der Waals surface area contributed by atoms with Crippen molar-refractivity contribution in [3.8, 4) is 0 Å². The Balaban J connectivity index is 2.67. The van der Waals surface area contributed by atoms with Crippen molar-refractivity contribution in [2.24, 2.45) is 0 Å². The van der Waals surface area contributed by atoms with Crippen LogP contribution in [0.3, 0.4) is 0 Å². The molecule has 0 aliphatic heterocycles. The van der Waals surface area contributed by atoms with Crippen LogP contribution in [0.15, 0.2) is 42.5 Å². The Kier molecular flexibility index (Phi) is 8.91. The zero-order chi connectivity index (χ0) is 23.1. The van der Waals surface area contributed by atoms with E-state index in [1.807, 2.05) is 0 Å². The van der Waals surface area contributed by atoms with Gasteiger partial charge in [0.1, 0.15) is 6.04 Å². The quantitative estimate of drug-likeness (QED) is 0.587. The second-order valence-corrected chi connectivity index (χ2v) is 8.51.